The SMILES string of the molecule is CC[C@H](C)C(NC(=O)CCC[C@H](COCc1cccc2ccccc12)NCc1ccccc1)C(=O)NCc1ccccc1. The summed E-state index contributed by atoms with van der Waals surface area (Å²) >= 11 is 0. The van der Waals surface area contributed by atoms with Crippen LogP contribution < -0.4 is 16.0 Å². The Bertz CT molecular complexity index is 1410. The van der Waals surface area contributed by atoms with Gasteiger partial charge >= 0.3 is 0 Å². The Kier molecular flexibility index (Phi) is 12.8. The molecule has 226 valence electrons. The monoisotopic (exact) mass is 579 g/mol. The van der Waals surface area contributed by atoms with Crippen LogP contribution in [0.4, 0.5) is 0 Å². The number of nitrogens with one attached hydrogen (secondary N) is 3. The highest BCUT2D eigenvalue weighted by atomic mass is 16.5. The maximum Gasteiger partial charge on any atom is 0.243 e. The van der Waals surface area contributed by atoms with Crippen molar-refractivity contribution in [2.45, 2.75) is 71.3 Å². The first-order chi connectivity index (χ1) is 21.0. The third-order valence-corrected chi connectivity index (χ3v) is 7.97. The Hall–Kier alpha value is -4.00. The van der Waals surface area contributed by atoms with Crippen LogP contribution in [0.3, 0.4) is 0 Å². The summed E-state index contributed by atoms with van der Waals surface area (Å²) in [6.45, 7) is 6.28. The fourth-order valence-corrected chi connectivity index (χ4v) is 5.18. The first-order valence-corrected chi connectivity index (χ1v) is 15.5. The van der Waals surface area contributed by atoms with Crippen LogP contribution >= 0.6 is 0 Å². The molecule has 6 heteroatoms. The van der Waals surface area contributed by atoms with E-state index in [0.29, 0.717) is 32.6 Å². The van der Waals surface area contributed by atoms with Gasteiger partial charge in [-0.25, -0.2) is 0 Å². The van der Waals surface area contributed by atoms with Gasteiger partial charge in [0.05, 0.1) is 13.2 Å². The van der Waals surface area contributed by atoms with Gasteiger partial charge in [0.15, 0.2) is 0 Å². The van der Waals surface area contributed by atoms with E-state index < -0.39 is 6.04 Å². The highest BCUT2D eigenvalue weighted by molar-refractivity contribution is 5.88. The minimum absolute atomic E-state index is 0.0301. The zero-order chi connectivity index (χ0) is 30.3. The van der Waals surface area contributed by atoms with Crippen molar-refractivity contribution in [2.24, 2.45) is 5.92 Å². The molecule has 0 aromatic heterocycles. The predicted molar refractivity (Wildman–Crippen MR) is 174 cm³/mol. The summed E-state index contributed by atoms with van der Waals surface area (Å²) in [5, 5.41) is 12.1. The molecule has 4 aromatic carbocycles. The van der Waals surface area contributed by atoms with E-state index in [0.717, 1.165) is 24.9 Å². The highest BCUT2D eigenvalue weighted by Crippen LogP contribution is 2.19. The fourth-order valence-electron chi connectivity index (χ4n) is 5.18. The molecule has 0 aliphatic carbocycles. The van der Waals surface area contributed by atoms with Crippen molar-refractivity contribution in [1.29, 1.82) is 0 Å². The fraction of sp³-hybridized carbons (Fsp3) is 0.351. The molecule has 0 aliphatic rings. The number of ether oxygens (including phenoxy) is 1. The second-order valence-corrected chi connectivity index (χ2v) is 11.2. The van der Waals surface area contributed by atoms with Gasteiger partial charge in [-0.15, -0.1) is 0 Å². The molecule has 2 amide bonds. The quantitative estimate of drug-likeness (QED) is 0.133. The topological polar surface area (TPSA) is 79.5 Å². The molecule has 0 bridgehead atoms. The van der Waals surface area contributed by atoms with E-state index in [4.69, 9.17) is 4.74 Å². The van der Waals surface area contributed by atoms with Gasteiger partial charge in [0.25, 0.3) is 0 Å². The number of fused-ring (bicyclic) bond motifs is 1. The molecule has 0 saturated heterocycles. The third kappa shape index (κ3) is 10.3. The van der Waals surface area contributed by atoms with Crippen molar-refractivity contribution in [3.8, 4) is 0 Å². The van der Waals surface area contributed by atoms with Gasteiger partial charge in [-0.2, -0.15) is 0 Å². The van der Waals surface area contributed by atoms with Crippen molar-refractivity contribution in [2.75, 3.05) is 6.61 Å². The van der Waals surface area contributed by atoms with Crippen molar-refractivity contribution in [3.05, 3.63) is 120 Å². The lowest BCUT2D eigenvalue weighted by Gasteiger charge is -2.24. The van der Waals surface area contributed by atoms with Crippen LogP contribution in [0.2, 0.25) is 0 Å². The molecule has 1 unspecified atom stereocenters. The predicted octanol–water partition coefficient (Wildman–Crippen LogP) is 6.53. The summed E-state index contributed by atoms with van der Waals surface area (Å²) in [5.74, 6) is -0.211. The Morgan fingerprint density at radius 3 is 2.16 bits per heavy atom. The summed E-state index contributed by atoms with van der Waals surface area (Å²) in [7, 11) is 0. The van der Waals surface area contributed by atoms with Gasteiger partial charge in [-0.05, 0) is 46.2 Å². The number of amides is 2. The maximum absolute atomic E-state index is 13.0. The molecule has 0 fully saturated rings. The van der Waals surface area contributed by atoms with Crippen LogP contribution in [0.5, 0.6) is 0 Å². The average Bonchev–Trinajstić information content (AvgIpc) is 3.05. The lowest BCUT2D eigenvalue weighted by Crippen LogP contribution is -2.50. The van der Waals surface area contributed by atoms with Gasteiger partial charge in [0.1, 0.15) is 6.04 Å². The van der Waals surface area contributed by atoms with Gasteiger partial charge in [-0.1, -0.05) is 123 Å². The third-order valence-electron chi connectivity index (χ3n) is 7.97. The van der Waals surface area contributed by atoms with E-state index in [1.54, 1.807) is 0 Å². The highest BCUT2D eigenvalue weighted by Gasteiger charge is 2.25. The maximum atomic E-state index is 13.0. The zero-order valence-electron chi connectivity index (χ0n) is 25.4. The second kappa shape index (κ2) is 17.2. The molecule has 4 aromatic rings. The van der Waals surface area contributed by atoms with Gasteiger partial charge in [0, 0.05) is 25.6 Å². The van der Waals surface area contributed by atoms with Crippen LogP contribution in [0.1, 0.15) is 56.2 Å². The van der Waals surface area contributed by atoms with E-state index in [2.05, 4.69) is 70.5 Å². The first kappa shape index (κ1) is 31.9. The molecule has 3 N–H and O–H groups in total. The Morgan fingerprint density at radius 1 is 0.791 bits per heavy atom. The molecule has 4 rings (SSSR count). The minimum atomic E-state index is -0.558. The Morgan fingerprint density at radius 2 is 1.44 bits per heavy atom. The largest absolute Gasteiger partial charge is 0.375 e. The number of hydrogen-bond acceptors (Lipinski definition) is 4. The molecule has 0 spiro atoms. The summed E-state index contributed by atoms with van der Waals surface area (Å²) < 4.78 is 6.23. The molecule has 0 saturated carbocycles. The van der Waals surface area contributed by atoms with Crippen LogP contribution in [0.15, 0.2) is 103 Å². The molecular formula is C37H45N3O3. The first-order valence-electron chi connectivity index (χ1n) is 15.5. The van der Waals surface area contributed by atoms with E-state index >= 15 is 0 Å². The standard InChI is InChI=1S/C37H45N3O3/c1-3-28(2)36(37(42)39-25-30-16-8-5-9-17-30)40-35(41)23-13-21-33(38-24-29-14-6-4-7-15-29)27-43-26-32-20-12-19-31-18-10-11-22-34(31)32/h4-12,14-20,22,28,33,36,38H,3,13,21,23-27H2,1-2H3,(H,39,42)(H,40,41)/t28-,33+,36?/m0/s1. The minimum Gasteiger partial charge on any atom is -0.375 e. The zero-order valence-corrected chi connectivity index (χ0v) is 25.4. The normalized spacial score (nSPS) is 13.3. The molecule has 6 nitrogen and oxygen atoms in total. The van der Waals surface area contributed by atoms with Crippen LogP contribution in [-0.2, 0) is 34.0 Å². The summed E-state index contributed by atoms with van der Waals surface area (Å²) in [4.78, 5) is 26.0. The molecule has 0 aliphatic heterocycles. The van der Waals surface area contributed by atoms with Crippen molar-refractivity contribution < 1.29 is 14.3 Å². The molecule has 0 radical (unpaired) electrons. The lowest BCUT2D eigenvalue weighted by atomic mass is 9.97. The summed E-state index contributed by atoms with van der Waals surface area (Å²) in [5.41, 5.74) is 3.40. The van der Waals surface area contributed by atoms with Crippen LogP contribution in [0.25, 0.3) is 10.8 Å². The van der Waals surface area contributed by atoms with E-state index in [-0.39, 0.29) is 23.8 Å². The number of rotatable bonds is 17. The van der Waals surface area contributed by atoms with E-state index in [1.165, 1.54) is 21.9 Å². The molecule has 43 heavy (non-hydrogen) atoms. The van der Waals surface area contributed by atoms with E-state index in [1.807, 2.05) is 62.4 Å². The van der Waals surface area contributed by atoms with Crippen molar-refractivity contribution in [1.82, 2.24) is 16.0 Å². The van der Waals surface area contributed by atoms with Crippen molar-refractivity contribution in [3.63, 3.8) is 0 Å². The summed E-state index contributed by atoms with van der Waals surface area (Å²) in [6.07, 6.45) is 2.62. The summed E-state index contributed by atoms with van der Waals surface area (Å²) in [6, 6.07) is 34.3. The lowest BCUT2D eigenvalue weighted by molar-refractivity contribution is -0.130. The van der Waals surface area contributed by atoms with Crippen LogP contribution in [0, 0.1) is 5.92 Å². The molecule has 0 heterocycles. The van der Waals surface area contributed by atoms with Gasteiger partial charge in [-0.3, -0.25) is 9.59 Å². The number of benzene rings is 4. The van der Waals surface area contributed by atoms with Crippen molar-refractivity contribution >= 4 is 22.6 Å². The van der Waals surface area contributed by atoms with E-state index in [9.17, 15) is 9.59 Å². The number of carbonyl (C=O) groups excluding carboxylic acids is 2. The smallest absolute Gasteiger partial charge is 0.243 e. The average molecular weight is 580 g/mol. The Labute approximate surface area is 256 Å². The Balaban J connectivity index is 1.29. The number of carbonyl (C=O) groups is 2. The van der Waals surface area contributed by atoms with Crippen LogP contribution in [-0.4, -0.2) is 30.5 Å². The second-order valence-electron chi connectivity index (χ2n) is 11.2. The molecular weight excluding hydrogens is 534 g/mol. The van der Waals surface area contributed by atoms with Gasteiger partial charge < -0.3 is 20.7 Å². The number of hydrogen-bond donors (Lipinski definition) is 3. The van der Waals surface area contributed by atoms with Gasteiger partial charge in [0.2, 0.25) is 11.8 Å². The molecule has 3 atom stereocenters.